The Kier molecular flexibility index (Phi) is 4.57. The van der Waals surface area contributed by atoms with Gasteiger partial charge in [0.05, 0.1) is 10.7 Å². The maximum absolute atomic E-state index is 12.3. The van der Waals surface area contributed by atoms with E-state index in [2.05, 4.69) is 10.6 Å². The molecular weight excluding hydrogens is 332 g/mol. The van der Waals surface area contributed by atoms with Crippen molar-refractivity contribution < 1.29 is 19.1 Å². The summed E-state index contributed by atoms with van der Waals surface area (Å²) in [5.41, 5.74) is 1.04. The fourth-order valence-corrected chi connectivity index (χ4v) is 2.37. The van der Waals surface area contributed by atoms with E-state index >= 15 is 0 Å². The summed E-state index contributed by atoms with van der Waals surface area (Å²) in [4.78, 5) is 23.6. The molecule has 2 N–H and O–H groups in total. The molecule has 0 radical (unpaired) electrons. The van der Waals surface area contributed by atoms with E-state index in [1.165, 1.54) is 0 Å². The zero-order valence-electron chi connectivity index (χ0n) is 12.8. The Bertz CT molecular complexity index is 794. The third-order valence-corrected chi connectivity index (χ3v) is 3.70. The molecule has 7 heteroatoms. The number of hydrogen-bond acceptors (Lipinski definition) is 4. The summed E-state index contributed by atoms with van der Waals surface area (Å²) in [6.07, 6.45) is -0.744. The van der Waals surface area contributed by atoms with Crippen molar-refractivity contribution in [3.63, 3.8) is 0 Å². The van der Waals surface area contributed by atoms with E-state index in [4.69, 9.17) is 21.1 Å². The highest BCUT2D eigenvalue weighted by molar-refractivity contribution is 6.32. The summed E-state index contributed by atoms with van der Waals surface area (Å²) in [5, 5.41) is 5.85. The lowest BCUT2D eigenvalue weighted by Gasteiger charge is -2.19. The van der Waals surface area contributed by atoms with Crippen LogP contribution in [0.2, 0.25) is 5.02 Å². The molecule has 2 amide bonds. The van der Waals surface area contributed by atoms with Crippen LogP contribution < -0.4 is 20.1 Å². The summed E-state index contributed by atoms with van der Waals surface area (Å²) >= 11 is 6.02. The quantitative estimate of drug-likeness (QED) is 0.892. The van der Waals surface area contributed by atoms with Gasteiger partial charge in [0, 0.05) is 5.69 Å². The molecule has 1 atom stereocenters. The SMILES string of the molecule is C[C@@H](Oc1ccccc1Cl)C(=O)Nc1ccc2c(c1)NC(=O)CO2. The average molecular weight is 347 g/mol. The topological polar surface area (TPSA) is 76.7 Å². The molecule has 0 aromatic heterocycles. The number of anilines is 2. The number of ether oxygens (including phenoxy) is 2. The Morgan fingerprint density at radius 1 is 1.33 bits per heavy atom. The average Bonchev–Trinajstić information content (AvgIpc) is 2.56. The molecule has 2 aromatic rings. The lowest BCUT2D eigenvalue weighted by atomic mass is 10.2. The van der Waals surface area contributed by atoms with E-state index in [1.54, 1.807) is 49.4 Å². The van der Waals surface area contributed by atoms with Crippen LogP contribution in [0.15, 0.2) is 42.5 Å². The maximum Gasteiger partial charge on any atom is 0.265 e. The molecule has 0 bridgehead atoms. The first-order valence-corrected chi connectivity index (χ1v) is 7.69. The van der Waals surface area contributed by atoms with Gasteiger partial charge in [-0.25, -0.2) is 0 Å². The predicted molar refractivity (Wildman–Crippen MR) is 90.7 cm³/mol. The van der Waals surface area contributed by atoms with Gasteiger partial charge in [0.1, 0.15) is 11.5 Å². The minimum atomic E-state index is -0.744. The maximum atomic E-state index is 12.3. The van der Waals surface area contributed by atoms with Crippen LogP contribution in [0.5, 0.6) is 11.5 Å². The van der Waals surface area contributed by atoms with E-state index in [0.717, 1.165) is 0 Å². The van der Waals surface area contributed by atoms with Crippen LogP contribution in [-0.2, 0) is 9.59 Å². The van der Waals surface area contributed by atoms with Gasteiger partial charge in [-0.15, -0.1) is 0 Å². The van der Waals surface area contributed by atoms with Crippen LogP contribution in [0.3, 0.4) is 0 Å². The van der Waals surface area contributed by atoms with Gasteiger partial charge in [0.2, 0.25) is 0 Å². The summed E-state index contributed by atoms with van der Waals surface area (Å²) in [7, 11) is 0. The van der Waals surface area contributed by atoms with Gasteiger partial charge in [-0.05, 0) is 37.3 Å². The highest BCUT2D eigenvalue weighted by Crippen LogP contribution is 2.30. The van der Waals surface area contributed by atoms with Crippen LogP contribution in [0, 0.1) is 0 Å². The molecule has 6 nitrogen and oxygen atoms in total. The molecule has 0 saturated carbocycles. The molecule has 0 saturated heterocycles. The van der Waals surface area contributed by atoms with Crippen LogP contribution in [0.25, 0.3) is 0 Å². The number of benzene rings is 2. The summed E-state index contributed by atoms with van der Waals surface area (Å²) in [6.45, 7) is 1.61. The largest absolute Gasteiger partial charge is 0.482 e. The molecule has 1 heterocycles. The zero-order chi connectivity index (χ0) is 17.1. The highest BCUT2D eigenvalue weighted by Gasteiger charge is 2.19. The molecule has 24 heavy (non-hydrogen) atoms. The number of para-hydroxylation sites is 1. The Hall–Kier alpha value is -2.73. The van der Waals surface area contributed by atoms with E-state index in [9.17, 15) is 9.59 Å². The fraction of sp³-hybridized carbons (Fsp3) is 0.176. The first-order valence-electron chi connectivity index (χ1n) is 7.31. The van der Waals surface area contributed by atoms with E-state index < -0.39 is 6.10 Å². The molecule has 0 unspecified atom stereocenters. The van der Waals surface area contributed by atoms with Crippen molar-refractivity contribution in [2.75, 3.05) is 17.2 Å². The minimum Gasteiger partial charge on any atom is -0.482 e. The third kappa shape index (κ3) is 3.60. The molecule has 0 aliphatic carbocycles. The monoisotopic (exact) mass is 346 g/mol. The number of rotatable bonds is 4. The minimum absolute atomic E-state index is 0.0125. The third-order valence-electron chi connectivity index (χ3n) is 3.39. The van der Waals surface area contributed by atoms with Crippen molar-refractivity contribution in [3.8, 4) is 11.5 Å². The van der Waals surface area contributed by atoms with Gasteiger partial charge in [-0.2, -0.15) is 0 Å². The van der Waals surface area contributed by atoms with E-state index in [0.29, 0.717) is 27.9 Å². The summed E-state index contributed by atoms with van der Waals surface area (Å²) < 4.78 is 10.8. The standard InChI is InChI=1S/C17H15ClN2O4/c1-10(24-14-5-3-2-4-12(14)18)17(22)19-11-6-7-15-13(8-11)20-16(21)9-23-15/h2-8,10H,9H2,1H3,(H,19,22)(H,20,21)/t10-/m1/s1. The van der Waals surface area contributed by atoms with Crippen molar-refractivity contribution in [2.45, 2.75) is 13.0 Å². The fourth-order valence-electron chi connectivity index (χ4n) is 2.19. The molecule has 1 aliphatic heterocycles. The lowest BCUT2D eigenvalue weighted by molar-refractivity contribution is -0.122. The summed E-state index contributed by atoms with van der Waals surface area (Å²) in [5.74, 6) is 0.431. The number of carbonyl (C=O) groups is 2. The van der Waals surface area contributed by atoms with Crippen LogP contribution >= 0.6 is 11.6 Å². The van der Waals surface area contributed by atoms with Gasteiger partial charge in [-0.3, -0.25) is 9.59 Å². The number of fused-ring (bicyclic) bond motifs is 1. The number of carbonyl (C=O) groups excluding carboxylic acids is 2. The summed E-state index contributed by atoms with van der Waals surface area (Å²) in [6, 6.07) is 11.9. The number of amides is 2. The zero-order valence-corrected chi connectivity index (χ0v) is 13.6. The Labute approximate surface area is 143 Å². The molecule has 124 valence electrons. The molecule has 2 aromatic carbocycles. The molecule has 1 aliphatic rings. The van der Waals surface area contributed by atoms with Crippen molar-refractivity contribution in [1.82, 2.24) is 0 Å². The van der Waals surface area contributed by atoms with Crippen molar-refractivity contribution in [1.29, 1.82) is 0 Å². The molecule has 0 spiro atoms. The number of halogens is 1. The first kappa shape index (κ1) is 16.1. The Morgan fingerprint density at radius 2 is 2.12 bits per heavy atom. The Morgan fingerprint density at radius 3 is 2.92 bits per heavy atom. The van der Waals surface area contributed by atoms with Crippen LogP contribution in [0.4, 0.5) is 11.4 Å². The lowest BCUT2D eigenvalue weighted by Crippen LogP contribution is -2.30. The van der Waals surface area contributed by atoms with E-state index in [-0.39, 0.29) is 18.4 Å². The van der Waals surface area contributed by atoms with E-state index in [1.807, 2.05) is 0 Å². The smallest absolute Gasteiger partial charge is 0.265 e. The van der Waals surface area contributed by atoms with Gasteiger partial charge in [0.25, 0.3) is 11.8 Å². The first-order chi connectivity index (χ1) is 11.5. The molecular formula is C17H15ClN2O4. The van der Waals surface area contributed by atoms with Crippen molar-refractivity contribution >= 4 is 34.8 Å². The second kappa shape index (κ2) is 6.80. The Balaban J connectivity index is 1.67. The van der Waals surface area contributed by atoms with Gasteiger partial charge >= 0.3 is 0 Å². The number of nitrogens with one attached hydrogen (secondary N) is 2. The van der Waals surface area contributed by atoms with Crippen LogP contribution in [0.1, 0.15) is 6.92 Å². The van der Waals surface area contributed by atoms with Crippen molar-refractivity contribution in [2.24, 2.45) is 0 Å². The molecule has 3 rings (SSSR count). The van der Waals surface area contributed by atoms with Gasteiger partial charge in [0.15, 0.2) is 12.7 Å². The van der Waals surface area contributed by atoms with Gasteiger partial charge < -0.3 is 20.1 Å². The molecule has 0 fully saturated rings. The normalized spacial score (nSPS) is 14.0. The van der Waals surface area contributed by atoms with Gasteiger partial charge in [-0.1, -0.05) is 23.7 Å². The second-order valence-electron chi connectivity index (χ2n) is 5.23. The predicted octanol–water partition coefficient (Wildman–Crippen LogP) is 3.08. The highest BCUT2D eigenvalue weighted by atomic mass is 35.5. The number of hydrogen-bond donors (Lipinski definition) is 2. The van der Waals surface area contributed by atoms with Crippen molar-refractivity contribution in [3.05, 3.63) is 47.5 Å². The van der Waals surface area contributed by atoms with Crippen LogP contribution in [-0.4, -0.2) is 24.5 Å². The second-order valence-corrected chi connectivity index (χ2v) is 5.63.